The van der Waals surface area contributed by atoms with Crippen LogP contribution in [-0.4, -0.2) is 39.6 Å². The van der Waals surface area contributed by atoms with E-state index in [4.69, 9.17) is 9.47 Å². The summed E-state index contributed by atoms with van der Waals surface area (Å²) in [4.78, 5) is 7.68. The first-order valence-corrected chi connectivity index (χ1v) is 8.67. The Kier molecular flexibility index (Phi) is 5.98. The number of hydrogen-bond acceptors (Lipinski definition) is 4. The zero-order chi connectivity index (χ0) is 19.4. The third kappa shape index (κ3) is 4.58. The third-order valence-electron chi connectivity index (χ3n) is 3.88. The number of aromatic amines is 1. The molecular weight excluding hydrogens is 354 g/mol. The van der Waals surface area contributed by atoms with Crippen LogP contribution in [0.15, 0.2) is 30.5 Å². The summed E-state index contributed by atoms with van der Waals surface area (Å²) in [5.74, 6) is -0.385. The SMILES string of the molecule is COCc1cc[nH]c1-c1nc(CCOC(C)C)nn1-c1cc(F)cc(F)c1. The van der Waals surface area contributed by atoms with E-state index in [-0.39, 0.29) is 11.8 Å². The lowest BCUT2D eigenvalue weighted by molar-refractivity contribution is 0.0804. The van der Waals surface area contributed by atoms with E-state index in [9.17, 15) is 8.78 Å². The van der Waals surface area contributed by atoms with Gasteiger partial charge in [0.15, 0.2) is 11.6 Å². The fraction of sp³-hybridized carbons (Fsp3) is 0.368. The highest BCUT2D eigenvalue weighted by molar-refractivity contribution is 5.58. The van der Waals surface area contributed by atoms with Gasteiger partial charge in [0, 0.05) is 31.4 Å². The van der Waals surface area contributed by atoms with Gasteiger partial charge in [-0.2, -0.15) is 5.10 Å². The summed E-state index contributed by atoms with van der Waals surface area (Å²) in [7, 11) is 1.60. The number of aromatic nitrogens is 4. The number of methoxy groups -OCH3 is 1. The summed E-state index contributed by atoms with van der Waals surface area (Å²) in [5.41, 5.74) is 1.81. The fourth-order valence-electron chi connectivity index (χ4n) is 2.74. The Bertz CT molecular complexity index is 885. The van der Waals surface area contributed by atoms with Crippen LogP contribution in [-0.2, 0) is 22.5 Å². The van der Waals surface area contributed by atoms with Gasteiger partial charge in [-0.3, -0.25) is 0 Å². The van der Waals surface area contributed by atoms with Gasteiger partial charge in [-0.1, -0.05) is 0 Å². The average Bonchev–Trinajstić information content (AvgIpc) is 3.20. The van der Waals surface area contributed by atoms with Gasteiger partial charge in [0.05, 0.1) is 30.7 Å². The molecule has 0 saturated carbocycles. The van der Waals surface area contributed by atoms with Gasteiger partial charge in [0.2, 0.25) is 0 Å². The number of nitrogens with one attached hydrogen (secondary N) is 1. The molecule has 0 radical (unpaired) electrons. The fourth-order valence-corrected chi connectivity index (χ4v) is 2.74. The Labute approximate surface area is 156 Å². The summed E-state index contributed by atoms with van der Waals surface area (Å²) >= 11 is 0. The molecule has 6 nitrogen and oxygen atoms in total. The third-order valence-corrected chi connectivity index (χ3v) is 3.88. The van der Waals surface area contributed by atoms with Crippen molar-refractivity contribution in [2.24, 2.45) is 0 Å². The van der Waals surface area contributed by atoms with E-state index in [1.807, 2.05) is 19.9 Å². The summed E-state index contributed by atoms with van der Waals surface area (Å²) in [6.07, 6.45) is 2.34. The first-order valence-electron chi connectivity index (χ1n) is 8.67. The molecule has 0 saturated heterocycles. The molecule has 0 atom stereocenters. The van der Waals surface area contributed by atoms with Gasteiger partial charge in [0.25, 0.3) is 0 Å². The lowest BCUT2D eigenvalue weighted by atomic mass is 10.2. The second-order valence-corrected chi connectivity index (χ2v) is 6.37. The van der Waals surface area contributed by atoms with Crippen LogP contribution in [0.2, 0.25) is 0 Å². The summed E-state index contributed by atoms with van der Waals surface area (Å²) < 4.78 is 39.7. The predicted octanol–water partition coefficient (Wildman–Crippen LogP) is 3.65. The van der Waals surface area contributed by atoms with Crippen molar-refractivity contribution in [3.05, 3.63) is 53.5 Å². The van der Waals surface area contributed by atoms with Crippen molar-refractivity contribution in [2.75, 3.05) is 13.7 Å². The van der Waals surface area contributed by atoms with Crippen LogP contribution in [0.25, 0.3) is 17.2 Å². The molecule has 0 amide bonds. The molecule has 144 valence electrons. The standard InChI is InChI=1S/C19H22F2N4O2/c1-12(2)27-7-5-17-23-19(18-13(11-26-3)4-6-22-18)25(24-17)16-9-14(20)8-15(21)10-16/h4,6,8-10,12,22H,5,7,11H2,1-3H3. The van der Waals surface area contributed by atoms with Crippen molar-refractivity contribution in [2.45, 2.75) is 33.0 Å². The molecular formula is C19H22F2N4O2. The van der Waals surface area contributed by atoms with E-state index in [0.29, 0.717) is 37.0 Å². The maximum Gasteiger partial charge on any atom is 0.180 e. The molecule has 2 heterocycles. The molecule has 3 rings (SSSR count). The van der Waals surface area contributed by atoms with Crippen LogP contribution in [0.5, 0.6) is 0 Å². The van der Waals surface area contributed by atoms with E-state index >= 15 is 0 Å². The lowest BCUT2D eigenvalue weighted by Gasteiger charge is -2.07. The first kappa shape index (κ1) is 19.2. The molecule has 0 unspecified atom stereocenters. The molecule has 0 bridgehead atoms. The number of benzene rings is 1. The van der Waals surface area contributed by atoms with E-state index in [1.165, 1.54) is 16.8 Å². The quantitative estimate of drug-likeness (QED) is 0.652. The Balaban J connectivity index is 2.03. The Morgan fingerprint density at radius 3 is 2.59 bits per heavy atom. The summed E-state index contributed by atoms with van der Waals surface area (Å²) in [6.45, 7) is 4.72. The second-order valence-electron chi connectivity index (χ2n) is 6.37. The molecule has 3 aromatic rings. The lowest BCUT2D eigenvalue weighted by Crippen LogP contribution is -2.07. The number of halogens is 2. The highest BCUT2D eigenvalue weighted by Gasteiger charge is 2.18. The molecule has 2 aromatic heterocycles. The predicted molar refractivity (Wildman–Crippen MR) is 96.6 cm³/mol. The number of rotatable bonds is 8. The van der Waals surface area contributed by atoms with Gasteiger partial charge in [-0.05, 0) is 32.0 Å². The van der Waals surface area contributed by atoms with Gasteiger partial charge in [-0.15, -0.1) is 0 Å². The van der Waals surface area contributed by atoms with Gasteiger partial charge < -0.3 is 14.5 Å². The minimum Gasteiger partial charge on any atom is -0.380 e. The average molecular weight is 376 g/mol. The van der Waals surface area contributed by atoms with Crippen LogP contribution in [0.4, 0.5) is 8.78 Å². The molecule has 1 N–H and O–H groups in total. The number of H-pyrrole nitrogens is 1. The molecule has 0 spiro atoms. The zero-order valence-electron chi connectivity index (χ0n) is 15.5. The van der Waals surface area contributed by atoms with Crippen molar-refractivity contribution in [1.82, 2.24) is 19.7 Å². The number of nitrogens with zero attached hydrogens (tertiary/aromatic N) is 3. The van der Waals surface area contributed by atoms with Gasteiger partial charge >= 0.3 is 0 Å². The topological polar surface area (TPSA) is 65.0 Å². The van der Waals surface area contributed by atoms with Crippen LogP contribution in [0.1, 0.15) is 25.2 Å². The van der Waals surface area contributed by atoms with Crippen LogP contribution in [0.3, 0.4) is 0 Å². The smallest absolute Gasteiger partial charge is 0.180 e. The van der Waals surface area contributed by atoms with Crippen LogP contribution in [0, 0.1) is 11.6 Å². The highest BCUT2D eigenvalue weighted by atomic mass is 19.1. The van der Waals surface area contributed by atoms with E-state index in [1.54, 1.807) is 13.3 Å². The van der Waals surface area contributed by atoms with Crippen molar-refractivity contribution in [3.63, 3.8) is 0 Å². The minimum absolute atomic E-state index is 0.0978. The number of hydrogen-bond donors (Lipinski definition) is 1. The maximum absolute atomic E-state index is 13.7. The second kappa shape index (κ2) is 8.41. The Morgan fingerprint density at radius 2 is 1.93 bits per heavy atom. The minimum atomic E-state index is -0.681. The Hall–Kier alpha value is -2.58. The van der Waals surface area contributed by atoms with Crippen molar-refractivity contribution in [3.8, 4) is 17.2 Å². The van der Waals surface area contributed by atoms with E-state index in [2.05, 4.69) is 15.1 Å². The molecule has 0 aliphatic carbocycles. The summed E-state index contributed by atoms with van der Waals surface area (Å²) in [5, 5.41) is 4.45. The molecule has 27 heavy (non-hydrogen) atoms. The van der Waals surface area contributed by atoms with Gasteiger partial charge in [-0.25, -0.2) is 18.4 Å². The monoisotopic (exact) mass is 376 g/mol. The van der Waals surface area contributed by atoms with Crippen molar-refractivity contribution in [1.29, 1.82) is 0 Å². The van der Waals surface area contributed by atoms with Crippen LogP contribution < -0.4 is 0 Å². The first-order chi connectivity index (χ1) is 13.0. The van der Waals surface area contributed by atoms with Crippen LogP contribution >= 0.6 is 0 Å². The molecule has 1 aromatic carbocycles. The molecule has 0 aliphatic heterocycles. The molecule has 8 heteroatoms. The van der Waals surface area contributed by atoms with E-state index in [0.717, 1.165) is 11.6 Å². The maximum atomic E-state index is 13.7. The normalized spacial score (nSPS) is 11.5. The zero-order valence-corrected chi connectivity index (χ0v) is 15.5. The highest BCUT2D eigenvalue weighted by Crippen LogP contribution is 2.25. The van der Waals surface area contributed by atoms with Crippen molar-refractivity contribution < 1.29 is 18.3 Å². The van der Waals surface area contributed by atoms with Crippen molar-refractivity contribution >= 4 is 0 Å². The van der Waals surface area contributed by atoms with E-state index < -0.39 is 11.6 Å². The Morgan fingerprint density at radius 1 is 1.19 bits per heavy atom. The number of ether oxygens (including phenoxy) is 2. The summed E-state index contributed by atoms with van der Waals surface area (Å²) in [6, 6.07) is 5.12. The van der Waals surface area contributed by atoms with Gasteiger partial charge in [0.1, 0.15) is 11.6 Å². The molecule has 0 aliphatic rings. The molecule has 0 fully saturated rings. The largest absolute Gasteiger partial charge is 0.380 e.